The quantitative estimate of drug-likeness (QED) is 0.706. The van der Waals surface area contributed by atoms with Gasteiger partial charge in [-0.05, 0) is 37.6 Å². The van der Waals surface area contributed by atoms with Crippen molar-refractivity contribution in [1.29, 1.82) is 0 Å². The highest BCUT2D eigenvalue weighted by Gasteiger charge is 2.14. The van der Waals surface area contributed by atoms with Gasteiger partial charge in [0, 0.05) is 16.8 Å². The summed E-state index contributed by atoms with van der Waals surface area (Å²) in [4.78, 5) is 17.3. The monoisotopic (exact) mass is 317 g/mol. The Bertz CT molecular complexity index is 889. The minimum atomic E-state index is -0.0406. The van der Waals surface area contributed by atoms with Gasteiger partial charge >= 0.3 is 0 Å². The van der Waals surface area contributed by atoms with Crippen molar-refractivity contribution >= 4 is 23.0 Å². The third-order valence-electron chi connectivity index (χ3n) is 3.96. The molecule has 1 aromatic heterocycles. The number of nitrogen functional groups attached to an aromatic ring is 1. The number of para-hydroxylation sites is 1. The number of rotatable bonds is 4. The molecule has 0 aliphatic carbocycles. The number of hydrogen-bond donors (Lipinski definition) is 2. The van der Waals surface area contributed by atoms with Crippen LogP contribution in [-0.2, 0) is 0 Å². The molecule has 0 amide bonds. The van der Waals surface area contributed by atoms with Crippen molar-refractivity contribution in [2.45, 2.75) is 13.8 Å². The SMILES string of the molecule is Cc1cc(N)c(Nc2ccccc2C(=O)c2ccccc2)nc1C. The van der Waals surface area contributed by atoms with E-state index in [0.717, 1.165) is 11.3 Å². The first-order valence-electron chi connectivity index (χ1n) is 7.76. The summed E-state index contributed by atoms with van der Waals surface area (Å²) in [5, 5.41) is 3.20. The van der Waals surface area contributed by atoms with E-state index in [4.69, 9.17) is 5.73 Å². The molecule has 4 heteroatoms. The summed E-state index contributed by atoms with van der Waals surface area (Å²) in [5.74, 6) is 0.521. The summed E-state index contributed by atoms with van der Waals surface area (Å²) >= 11 is 0. The first-order chi connectivity index (χ1) is 11.6. The van der Waals surface area contributed by atoms with Crippen molar-refractivity contribution in [3.8, 4) is 0 Å². The van der Waals surface area contributed by atoms with Crippen LogP contribution < -0.4 is 11.1 Å². The molecule has 2 aromatic carbocycles. The summed E-state index contributed by atoms with van der Waals surface area (Å²) in [6.07, 6.45) is 0. The van der Waals surface area contributed by atoms with E-state index in [1.165, 1.54) is 0 Å². The first-order valence-corrected chi connectivity index (χ1v) is 7.76. The Morgan fingerprint density at radius 3 is 2.42 bits per heavy atom. The number of nitrogens with zero attached hydrogens (tertiary/aromatic N) is 1. The number of ketones is 1. The normalized spacial score (nSPS) is 10.4. The van der Waals surface area contributed by atoms with Gasteiger partial charge < -0.3 is 11.1 Å². The van der Waals surface area contributed by atoms with Crippen LogP contribution >= 0.6 is 0 Å². The van der Waals surface area contributed by atoms with E-state index in [2.05, 4.69) is 10.3 Å². The Labute approximate surface area is 141 Å². The van der Waals surface area contributed by atoms with Gasteiger partial charge in [-0.3, -0.25) is 4.79 Å². The number of carbonyl (C=O) groups is 1. The van der Waals surface area contributed by atoms with Gasteiger partial charge in [0.1, 0.15) is 0 Å². The largest absolute Gasteiger partial charge is 0.396 e. The molecule has 0 fully saturated rings. The lowest BCUT2D eigenvalue weighted by atomic mass is 10.0. The number of nitrogens with one attached hydrogen (secondary N) is 1. The van der Waals surface area contributed by atoms with Crippen LogP contribution in [0.4, 0.5) is 17.2 Å². The number of nitrogens with two attached hydrogens (primary N) is 1. The number of pyridine rings is 1. The van der Waals surface area contributed by atoms with Crippen LogP contribution in [0.2, 0.25) is 0 Å². The predicted molar refractivity (Wildman–Crippen MR) is 97.7 cm³/mol. The zero-order valence-electron chi connectivity index (χ0n) is 13.7. The second-order valence-corrected chi connectivity index (χ2v) is 5.69. The number of carbonyl (C=O) groups excluding carboxylic acids is 1. The molecule has 0 saturated heterocycles. The van der Waals surface area contributed by atoms with E-state index in [-0.39, 0.29) is 5.78 Å². The zero-order chi connectivity index (χ0) is 17.1. The van der Waals surface area contributed by atoms with Crippen molar-refractivity contribution in [3.05, 3.63) is 83.0 Å². The molecule has 3 rings (SSSR count). The van der Waals surface area contributed by atoms with Crippen LogP contribution in [0.3, 0.4) is 0 Å². The van der Waals surface area contributed by atoms with E-state index >= 15 is 0 Å². The standard InChI is InChI=1S/C20H19N3O/c1-13-12-17(21)20(22-14(13)2)23-18-11-7-6-10-16(18)19(24)15-8-4-3-5-9-15/h3-12H,21H2,1-2H3,(H,22,23). The van der Waals surface area contributed by atoms with Gasteiger partial charge in [-0.1, -0.05) is 42.5 Å². The number of aryl methyl sites for hydroxylation is 2. The van der Waals surface area contributed by atoms with E-state index in [9.17, 15) is 4.79 Å². The number of aromatic nitrogens is 1. The number of anilines is 3. The van der Waals surface area contributed by atoms with E-state index < -0.39 is 0 Å². The first kappa shape index (κ1) is 15.7. The summed E-state index contributed by atoms with van der Waals surface area (Å²) in [6.45, 7) is 3.90. The molecule has 0 saturated carbocycles. The molecule has 120 valence electrons. The highest BCUT2D eigenvalue weighted by atomic mass is 16.1. The lowest BCUT2D eigenvalue weighted by Crippen LogP contribution is -2.08. The van der Waals surface area contributed by atoms with Gasteiger partial charge in [0.2, 0.25) is 0 Å². The van der Waals surface area contributed by atoms with E-state index in [1.54, 1.807) is 6.07 Å². The van der Waals surface area contributed by atoms with Gasteiger partial charge in [0.25, 0.3) is 0 Å². The van der Waals surface area contributed by atoms with Crippen molar-refractivity contribution in [2.75, 3.05) is 11.1 Å². The fourth-order valence-electron chi connectivity index (χ4n) is 2.49. The number of hydrogen-bond acceptors (Lipinski definition) is 4. The molecule has 0 atom stereocenters. The molecule has 0 spiro atoms. The minimum Gasteiger partial charge on any atom is -0.396 e. The fraction of sp³-hybridized carbons (Fsp3) is 0.100. The van der Waals surface area contributed by atoms with Crippen LogP contribution in [0, 0.1) is 13.8 Å². The fourth-order valence-corrected chi connectivity index (χ4v) is 2.49. The number of benzene rings is 2. The predicted octanol–water partition coefficient (Wildman–Crippen LogP) is 4.26. The molecular weight excluding hydrogens is 298 g/mol. The topological polar surface area (TPSA) is 68.0 Å². The second-order valence-electron chi connectivity index (χ2n) is 5.69. The third-order valence-corrected chi connectivity index (χ3v) is 3.96. The zero-order valence-corrected chi connectivity index (χ0v) is 13.7. The van der Waals surface area contributed by atoms with Crippen LogP contribution in [-0.4, -0.2) is 10.8 Å². The van der Waals surface area contributed by atoms with Gasteiger partial charge in [-0.2, -0.15) is 0 Å². The van der Waals surface area contributed by atoms with Crippen molar-refractivity contribution in [3.63, 3.8) is 0 Å². The summed E-state index contributed by atoms with van der Waals surface area (Å²) < 4.78 is 0. The smallest absolute Gasteiger partial charge is 0.195 e. The van der Waals surface area contributed by atoms with Crippen molar-refractivity contribution < 1.29 is 4.79 Å². The molecule has 0 unspecified atom stereocenters. The van der Waals surface area contributed by atoms with Crippen LogP contribution in [0.25, 0.3) is 0 Å². The molecule has 0 bridgehead atoms. The van der Waals surface area contributed by atoms with Crippen molar-refractivity contribution in [2.24, 2.45) is 0 Å². The second kappa shape index (κ2) is 6.54. The molecule has 0 aliphatic rings. The van der Waals surface area contributed by atoms with Gasteiger partial charge in [-0.15, -0.1) is 0 Å². The summed E-state index contributed by atoms with van der Waals surface area (Å²) in [6, 6.07) is 18.5. The Morgan fingerprint density at radius 2 is 1.67 bits per heavy atom. The summed E-state index contributed by atoms with van der Waals surface area (Å²) in [5.41, 5.74) is 10.5. The van der Waals surface area contributed by atoms with E-state index in [1.807, 2.05) is 68.4 Å². The molecule has 0 radical (unpaired) electrons. The summed E-state index contributed by atoms with van der Waals surface area (Å²) in [7, 11) is 0. The lowest BCUT2D eigenvalue weighted by molar-refractivity contribution is 0.103. The maximum atomic E-state index is 12.8. The average Bonchev–Trinajstić information content (AvgIpc) is 2.60. The lowest BCUT2D eigenvalue weighted by Gasteiger charge is -2.14. The van der Waals surface area contributed by atoms with Crippen LogP contribution in [0.5, 0.6) is 0 Å². The molecule has 0 aliphatic heterocycles. The molecular formula is C20H19N3O. The average molecular weight is 317 g/mol. The maximum Gasteiger partial charge on any atom is 0.195 e. The Morgan fingerprint density at radius 1 is 1.00 bits per heavy atom. The highest BCUT2D eigenvalue weighted by molar-refractivity contribution is 6.12. The minimum absolute atomic E-state index is 0.0406. The Hall–Kier alpha value is -3.14. The molecule has 24 heavy (non-hydrogen) atoms. The molecule has 1 heterocycles. The maximum absolute atomic E-state index is 12.8. The van der Waals surface area contributed by atoms with Crippen molar-refractivity contribution in [1.82, 2.24) is 4.98 Å². The van der Waals surface area contributed by atoms with E-state index in [0.29, 0.717) is 28.3 Å². The molecule has 3 aromatic rings. The Kier molecular flexibility index (Phi) is 4.29. The van der Waals surface area contributed by atoms with Crippen LogP contribution in [0.15, 0.2) is 60.7 Å². The Balaban J connectivity index is 1.99. The third kappa shape index (κ3) is 3.13. The van der Waals surface area contributed by atoms with Gasteiger partial charge in [0.05, 0.1) is 11.4 Å². The molecule has 4 nitrogen and oxygen atoms in total. The van der Waals surface area contributed by atoms with Crippen LogP contribution in [0.1, 0.15) is 27.2 Å². The van der Waals surface area contributed by atoms with Gasteiger partial charge in [-0.25, -0.2) is 4.98 Å². The molecule has 3 N–H and O–H groups in total. The highest BCUT2D eigenvalue weighted by Crippen LogP contribution is 2.26. The van der Waals surface area contributed by atoms with Gasteiger partial charge in [0.15, 0.2) is 11.6 Å².